The second-order valence-corrected chi connectivity index (χ2v) is 5.93. The summed E-state index contributed by atoms with van der Waals surface area (Å²) in [6.45, 7) is 0. The number of hydrogen-bond donors (Lipinski definition) is 2. The van der Waals surface area contributed by atoms with Gasteiger partial charge in [-0.1, -0.05) is 15.9 Å². The Balaban J connectivity index is 2.31. The van der Waals surface area contributed by atoms with Crippen LogP contribution >= 0.6 is 15.9 Å². The number of carbonyl (C=O) groups is 1. The molecule has 1 aliphatic rings. The van der Waals surface area contributed by atoms with Crippen molar-refractivity contribution >= 4 is 27.6 Å². The molecule has 2 N–H and O–H groups in total. The first-order valence-electron chi connectivity index (χ1n) is 6.09. The number of nitrogens with one attached hydrogen (secondary N) is 1. The lowest BCUT2D eigenvalue weighted by molar-refractivity contribution is -0.138. The third-order valence-electron chi connectivity index (χ3n) is 3.49. The van der Waals surface area contributed by atoms with E-state index < -0.39 is 23.2 Å². The normalized spacial score (nSPS) is 17.4. The number of anilines is 1. The summed E-state index contributed by atoms with van der Waals surface area (Å²) in [6, 6.07) is 3.83. The van der Waals surface area contributed by atoms with Crippen molar-refractivity contribution in [3.05, 3.63) is 28.2 Å². The van der Waals surface area contributed by atoms with Crippen LogP contribution in [0.5, 0.6) is 0 Å². The molecule has 0 aromatic heterocycles. The molecule has 2 rings (SSSR count). The lowest BCUT2D eigenvalue weighted by atomic mass is 9.74. The molecule has 1 aliphatic carbocycles. The first-order chi connectivity index (χ1) is 9.22. The standard InChI is InChI=1S/C13H13BrF3NO2/c14-8-2-3-10(9(6-8)13(15,16)17)18-12(4-1-5-12)7-11(19)20/h2-3,6,18H,1,4-5,7H2,(H,19,20). The van der Waals surface area contributed by atoms with Gasteiger partial charge in [0.2, 0.25) is 0 Å². The van der Waals surface area contributed by atoms with Crippen LogP contribution < -0.4 is 5.32 Å². The first-order valence-corrected chi connectivity index (χ1v) is 6.88. The Bertz CT molecular complexity index is 527. The van der Waals surface area contributed by atoms with Crippen molar-refractivity contribution in [3.63, 3.8) is 0 Å². The molecule has 0 radical (unpaired) electrons. The van der Waals surface area contributed by atoms with Crippen molar-refractivity contribution < 1.29 is 23.1 Å². The molecule has 3 nitrogen and oxygen atoms in total. The third-order valence-corrected chi connectivity index (χ3v) is 3.98. The number of carboxylic acid groups (broad SMARTS) is 1. The van der Waals surface area contributed by atoms with Crippen LogP contribution in [0.2, 0.25) is 0 Å². The summed E-state index contributed by atoms with van der Waals surface area (Å²) in [4.78, 5) is 10.9. The Hall–Kier alpha value is -1.24. The zero-order valence-electron chi connectivity index (χ0n) is 10.4. The van der Waals surface area contributed by atoms with Gasteiger partial charge in [-0.05, 0) is 37.5 Å². The van der Waals surface area contributed by atoms with Gasteiger partial charge in [-0.15, -0.1) is 0 Å². The van der Waals surface area contributed by atoms with Gasteiger partial charge in [-0.3, -0.25) is 4.79 Å². The lowest BCUT2D eigenvalue weighted by Gasteiger charge is -2.43. The van der Waals surface area contributed by atoms with Crippen LogP contribution in [0.25, 0.3) is 0 Å². The number of benzene rings is 1. The number of halogens is 4. The average Bonchev–Trinajstić information content (AvgIpc) is 2.26. The molecule has 0 amide bonds. The van der Waals surface area contributed by atoms with Crippen molar-refractivity contribution in [1.29, 1.82) is 0 Å². The zero-order chi connectivity index (χ0) is 15.0. The number of hydrogen-bond acceptors (Lipinski definition) is 2. The fourth-order valence-electron chi connectivity index (χ4n) is 2.38. The van der Waals surface area contributed by atoms with Crippen LogP contribution in [0.1, 0.15) is 31.2 Å². The van der Waals surface area contributed by atoms with E-state index in [-0.39, 0.29) is 12.1 Å². The van der Waals surface area contributed by atoms with E-state index in [2.05, 4.69) is 21.2 Å². The highest BCUT2D eigenvalue weighted by atomic mass is 79.9. The molecular formula is C13H13BrF3NO2. The van der Waals surface area contributed by atoms with Crippen molar-refractivity contribution in [3.8, 4) is 0 Å². The lowest BCUT2D eigenvalue weighted by Crippen LogP contribution is -2.47. The van der Waals surface area contributed by atoms with Crippen LogP contribution in [-0.2, 0) is 11.0 Å². The van der Waals surface area contributed by atoms with Gasteiger partial charge in [0.1, 0.15) is 0 Å². The highest BCUT2D eigenvalue weighted by molar-refractivity contribution is 9.10. The third kappa shape index (κ3) is 3.26. The molecule has 0 heterocycles. The van der Waals surface area contributed by atoms with Gasteiger partial charge >= 0.3 is 12.1 Å². The quantitative estimate of drug-likeness (QED) is 0.851. The zero-order valence-corrected chi connectivity index (χ0v) is 12.0. The van der Waals surface area contributed by atoms with Crippen LogP contribution in [0.3, 0.4) is 0 Å². The highest BCUT2D eigenvalue weighted by Crippen LogP contribution is 2.42. The van der Waals surface area contributed by atoms with E-state index in [1.165, 1.54) is 12.1 Å². The van der Waals surface area contributed by atoms with E-state index >= 15 is 0 Å². The molecule has 110 valence electrons. The fourth-order valence-corrected chi connectivity index (χ4v) is 2.75. The second-order valence-electron chi connectivity index (χ2n) is 5.02. The van der Waals surface area contributed by atoms with Gasteiger partial charge in [0, 0.05) is 15.7 Å². The maximum Gasteiger partial charge on any atom is 0.418 e. The van der Waals surface area contributed by atoms with Gasteiger partial charge < -0.3 is 10.4 Å². The van der Waals surface area contributed by atoms with E-state index in [1.54, 1.807) is 0 Å². The predicted octanol–water partition coefficient (Wildman–Crippen LogP) is 4.28. The minimum Gasteiger partial charge on any atom is -0.481 e. The van der Waals surface area contributed by atoms with Crippen molar-refractivity contribution in [2.24, 2.45) is 0 Å². The molecule has 20 heavy (non-hydrogen) atoms. The highest BCUT2D eigenvalue weighted by Gasteiger charge is 2.41. The molecular weight excluding hydrogens is 339 g/mol. The largest absolute Gasteiger partial charge is 0.481 e. The molecule has 0 spiro atoms. The summed E-state index contributed by atoms with van der Waals surface area (Å²) in [6.07, 6.45) is -2.72. The Labute approximate surface area is 122 Å². The molecule has 0 unspecified atom stereocenters. The summed E-state index contributed by atoms with van der Waals surface area (Å²) < 4.78 is 39.4. The molecule has 1 saturated carbocycles. The molecule has 1 aromatic rings. The van der Waals surface area contributed by atoms with Crippen LogP contribution in [0.4, 0.5) is 18.9 Å². The summed E-state index contributed by atoms with van der Waals surface area (Å²) in [7, 11) is 0. The van der Waals surface area contributed by atoms with Crippen molar-refractivity contribution in [2.75, 3.05) is 5.32 Å². The van der Waals surface area contributed by atoms with E-state index in [9.17, 15) is 18.0 Å². The van der Waals surface area contributed by atoms with Gasteiger partial charge in [-0.2, -0.15) is 13.2 Å². The maximum absolute atomic E-state index is 13.0. The molecule has 1 aromatic carbocycles. The topological polar surface area (TPSA) is 49.3 Å². The van der Waals surface area contributed by atoms with Crippen LogP contribution in [0, 0.1) is 0 Å². The Morgan fingerprint density at radius 3 is 2.50 bits per heavy atom. The van der Waals surface area contributed by atoms with E-state index in [1.807, 2.05) is 0 Å². The van der Waals surface area contributed by atoms with Gasteiger partial charge in [0.25, 0.3) is 0 Å². The molecule has 0 atom stereocenters. The number of alkyl halides is 3. The second kappa shape index (κ2) is 5.27. The number of rotatable bonds is 4. The summed E-state index contributed by atoms with van der Waals surface area (Å²) >= 11 is 3.02. The van der Waals surface area contributed by atoms with Crippen molar-refractivity contribution in [1.82, 2.24) is 0 Å². The number of carboxylic acids is 1. The fraction of sp³-hybridized carbons (Fsp3) is 0.462. The molecule has 0 aliphatic heterocycles. The monoisotopic (exact) mass is 351 g/mol. The van der Waals surface area contributed by atoms with Crippen molar-refractivity contribution in [2.45, 2.75) is 37.4 Å². The Kier molecular flexibility index (Phi) is 4.00. The van der Waals surface area contributed by atoms with E-state index in [0.717, 1.165) is 12.5 Å². The predicted molar refractivity (Wildman–Crippen MR) is 71.6 cm³/mol. The van der Waals surface area contributed by atoms with E-state index in [0.29, 0.717) is 17.3 Å². The Morgan fingerprint density at radius 2 is 2.05 bits per heavy atom. The Morgan fingerprint density at radius 1 is 1.40 bits per heavy atom. The van der Waals surface area contributed by atoms with Crippen LogP contribution in [-0.4, -0.2) is 16.6 Å². The maximum atomic E-state index is 13.0. The summed E-state index contributed by atoms with van der Waals surface area (Å²) in [5, 5.41) is 11.7. The first kappa shape index (κ1) is 15.2. The summed E-state index contributed by atoms with van der Waals surface area (Å²) in [5.41, 5.74) is -1.62. The SMILES string of the molecule is O=C(O)CC1(Nc2ccc(Br)cc2C(F)(F)F)CCC1. The molecule has 1 fully saturated rings. The van der Waals surface area contributed by atoms with Gasteiger partial charge in [-0.25, -0.2) is 0 Å². The van der Waals surface area contributed by atoms with Gasteiger partial charge in [0.15, 0.2) is 0 Å². The minimum atomic E-state index is -4.49. The number of aliphatic carboxylic acids is 1. The minimum absolute atomic E-state index is 0.0679. The molecule has 0 saturated heterocycles. The van der Waals surface area contributed by atoms with E-state index in [4.69, 9.17) is 5.11 Å². The smallest absolute Gasteiger partial charge is 0.418 e. The average molecular weight is 352 g/mol. The molecule has 7 heteroatoms. The molecule has 0 bridgehead atoms. The van der Waals surface area contributed by atoms with Crippen LogP contribution in [0.15, 0.2) is 22.7 Å². The summed E-state index contributed by atoms with van der Waals surface area (Å²) in [5.74, 6) is -1.01. The van der Waals surface area contributed by atoms with Gasteiger partial charge in [0.05, 0.1) is 12.0 Å².